The molecule has 0 radical (unpaired) electrons. The maximum atomic E-state index is 13.0. The van der Waals surface area contributed by atoms with Crippen molar-refractivity contribution in [2.24, 2.45) is 0 Å². The van der Waals surface area contributed by atoms with Crippen LogP contribution in [0.5, 0.6) is 0 Å². The maximum absolute atomic E-state index is 13.0. The van der Waals surface area contributed by atoms with E-state index in [0.717, 1.165) is 51.4 Å². The number of rotatable bonds is 75. The minimum Gasteiger partial charge on any atom is -0.466 e. The van der Waals surface area contributed by atoms with Crippen LogP contribution in [0.4, 0.5) is 0 Å². The van der Waals surface area contributed by atoms with Crippen LogP contribution >= 0.6 is 0 Å². The molecule has 7 atom stereocenters. The van der Waals surface area contributed by atoms with E-state index in [-0.39, 0.29) is 18.5 Å². The van der Waals surface area contributed by atoms with Gasteiger partial charge in [0.15, 0.2) is 6.29 Å². The summed E-state index contributed by atoms with van der Waals surface area (Å²) in [6.07, 6.45) is 83.9. The Morgan fingerprint density at radius 2 is 0.681 bits per heavy atom. The summed E-state index contributed by atoms with van der Waals surface area (Å²) >= 11 is 0. The lowest BCUT2D eigenvalue weighted by Gasteiger charge is -2.40. The molecule has 0 aromatic heterocycles. The minimum atomic E-state index is -1.57. The largest absolute Gasteiger partial charge is 0.466 e. The molecule has 11 heteroatoms. The van der Waals surface area contributed by atoms with Crippen LogP contribution in [-0.4, -0.2) is 100 Å². The molecule has 1 fully saturated rings. The van der Waals surface area contributed by atoms with Gasteiger partial charge in [0.2, 0.25) is 5.91 Å². The van der Waals surface area contributed by atoms with Gasteiger partial charge in [-0.15, -0.1) is 0 Å². The van der Waals surface area contributed by atoms with Gasteiger partial charge in [0.1, 0.15) is 24.4 Å². The van der Waals surface area contributed by atoms with Crippen LogP contribution in [-0.2, 0) is 23.8 Å². The van der Waals surface area contributed by atoms with Crippen LogP contribution < -0.4 is 5.32 Å². The van der Waals surface area contributed by atoms with Crippen molar-refractivity contribution in [1.29, 1.82) is 0 Å². The zero-order chi connectivity index (χ0) is 67.9. The van der Waals surface area contributed by atoms with Crippen molar-refractivity contribution >= 4 is 11.9 Å². The summed E-state index contributed by atoms with van der Waals surface area (Å²) in [6, 6.07) is -0.805. The van der Waals surface area contributed by atoms with Crippen LogP contribution in [0.25, 0.3) is 0 Å². The van der Waals surface area contributed by atoms with Crippen molar-refractivity contribution in [3.05, 3.63) is 24.3 Å². The number of unbranched alkanes of at least 4 members (excludes halogenated alkanes) is 59. The van der Waals surface area contributed by atoms with Crippen molar-refractivity contribution in [3.8, 4) is 0 Å². The molecule has 7 unspecified atom stereocenters. The van der Waals surface area contributed by atoms with Crippen molar-refractivity contribution in [2.45, 2.75) is 474 Å². The highest BCUT2D eigenvalue weighted by molar-refractivity contribution is 5.76. The van der Waals surface area contributed by atoms with Gasteiger partial charge < -0.3 is 45.1 Å². The number of carbonyl (C=O) groups excluding carboxylic acids is 2. The Morgan fingerprint density at radius 3 is 1.02 bits per heavy atom. The number of carbonyl (C=O) groups is 2. The first-order valence-electron chi connectivity index (χ1n) is 41.6. The predicted molar refractivity (Wildman–Crippen MR) is 398 cm³/mol. The summed E-state index contributed by atoms with van der Waals surface area (Å²) in [5.41, 5.74) is 0. The van der Waals surface area contributed by atoms with Gasteiger partial charge in [-0.25, -0.2) is 0 Å². The molecular weight excluding hydrogens is 1170 g/mol. The summed E-state index contributed by atoms with van der Waals surface area (Å²) in [5, 5.41) is 54.4. The number of aliphatic hydroxyl groups excluding tert-OH is 5. The number of hydrogen-bond acceptors (Lipinski definition) is 10. The number of ether oxygens (including phenoxy) is 3. The molecule has 0 aromatic carbocycles. The number of allylic oxidation sites excluding steroid dienone is 3. The lowest BCUT2D eigenvalue weighted by molar-refractivity contribution is -0.302. The second-order valence-electron chi connectivity index (χ2n) is 29.2. The van der Waals surface area contributed by atoms with Crippen molar-refractivity contribution in [3.63, 3.8) is 0 Å². The molecule has 0 saturated carbocycles. The molecule has 1 aliphatic rings. The fourth-order valence-corrected chi connectivity index (χ4v) is 13.6. The number of aliphatic hydroxyl groups is 5. The van der Waals surface area contributed by atoms with E-state index in [2.05, 4.69) is 31.3 Å². The van der Waals surface area contributed by atoms with Gasteiger partial charge in [-0.2, -0.15) is 0 Å². The molecule has 0 spiro atoms. The normalized spacial score (nSPS) is 17.5. The van der Waals surface area contributed by atoms with E-state index in [1.165, 1.54) is 353 Å². The molecule has 6 N–H and O–H groups in total. The SMILES string of the molecule is CCCCCCCCCC/C=C/C(O)C(COC1OC(CO)C(O)C(O)C1O)NC(=O)CCCCCCCCCCCCCCCCCCC/C=C\CCCCCCCCCCCCCCCCCCCCOC(=O)CCCCCCCCCCCCCCCCCCC. The second-order valence-corrected chi connectivity index (χ2v) is 29.2. The van der Waals surface area contributed by atoms with Crippen LogP contribution in [0.2, 0.25) is 0 Å². The molecular formula is C83H159NO10. The molecule has 0 aromatic rings. The van der Waals surface area contributed by atoms with Crippen molar-refractivity contribution < 1.29 is 49.3 Å². The lowest BCUT2D eigenvalue weighted by Crippen LogP contribution is -2.60. The summed E-state index contributed by atoms with van der Waals surface area (Å²) in [6.45, 7) is 4.39. The number of amides is 1. The molecule has 1 saturated heterocycles. The average molecular weight is 1330 g/mol. The van der Waals surface area contributed by atoms with Crippen molar-refractivity contribution in [2.75, 3.05) is 19.8 Å². The number of hydrogen-bond donors (Lipinski definition) is 6. The first-order valence-corrected chi connectivity index (χ1v) is 41.6. The molecule has 11 nitrogen and oxygen atoms in total. The summed E-state index contributed by atoms with van der Waals surface area (Å²) in [4.78, 5) is 25.2. The van der Waals surface area contributed by atoms with Gasteiger partial charge in [0.25, 0.3) is 0 Å². The van der Waals surface area contributed by atoms with Gasteiger partial charge in [-0.05, 0) is 57.8 Å². The van der Waals surface area contributed by atoms with Crippen LogP contribution in [0.3, 0.4) is 0 Å². The van der Waals surface area contributed by atoms with E-state index >= 15 is 0 Å². The Balaban J connectivity index is 1.84. The van der Waals surface area contributed by atoms with E-state index in [1.54, 1.807) is 6.08 Å². The fraction of sp³-hybridized carbons (Fsp3) is 0.928. The number of esters is 1. The minimum absolute atomic E-state index is 0.0217. The van der Waals surface area contributed by atoms with Gasteiger partial charge in [-0.3, -0.25) is 9.59 Å². The first kappa shape index (κ1) is 90.2. The van der Waals surface area contributed by atoms with E-state index < -0.39 is 49.5 Å². The van der Waals surface area contributed by atoms with Crippen LogP contribution in [0, 0.1) is 0 Å². The topological polar surface area (TPSA) is 175 Å². The summed E-state index contributed by atoms with van der Waals surface area (Å²) in [7, 11) is 0. The van der Waals surface area contributed by atoms with Gasteiger partial charge in [0.05, 0.1) is 32.0 Å². The molecule has 94 heavy (non-hydrogen) atoms. The number of nitrogens with one attached hydrogen (secondary N) is 1. The Kier molecular flexibility index (Phi) is 69.4. The van der Waals surface area contributed by atoms with Gasteiger partial charge in [0, 0.05) is 12.8 Å². The first-order chi connectivity index (χ1) is 46.2. The third kappa shape index (κ3) is 60.1. The van der Waals surface area contributed by atoms with E-state index in [4.69, 9.17) is 14.2 Å². The maximum Gasteiger partial charge on any atom is 0.305 e. The zero-order valence-electron chi connectivity index (χ0n) is 62.2. The average Bonchev–Trinajstić information content (AvgIpc) is 0.904. The smallest absolute Gasteiger partial charge is 0.305 e. The molecule has 1 aliphatic heterocycles. The molecule has 0 aliphatic carbocycles. The summed E-state index contributed by atoms with van der Waals surface area (Å²) in [5.74, 6) is -0.155. The molecule has 556 valence electrons. The molecule has 0 bridgehead atoms. The molecule has 1 rings (SSSR count). The van der Waals surface area contributed by atoms with E-state index in [9.17, 15) is 35.1 Å². The highest BCUT2D eigenvalue weighted by Crippen LogP contribution is 2.24. The highest BCUT2D eigenvalue weighted by atomic mass is 16.7. The molecule has 1 amide bonds. The third-order valence-corrected chi connectivity index (χ3v) is 20.1. The molecule has 1 heterocycles. The van der Waals surface area contributed by atoms with Crippen LogP contribution in [0.1, 0.15) is 431 Å². The van der Waals surface area contributed by atoms with Crippen LogP contribution in [0.15, 0.2) is 24.3 Å². The monoisotopic (exact) mass is 1330 g/mol. The standard InChI is InChI=1S/C83H159NO10/c1-3-5-7-9-11-13-15-16-17-41-45-48-51-55-59-63-67-71-79(88)92-72-68-64-60-56-52-49-46-43-40-38-36-34-32-30-28-26-24-22-20-18-19-21-23-25-27-29-31-33-35-37-39-42-44-47-50-54-58-62-66-70-78(87)84-75(74-93-83-82(91)81(90)80(89)77(73-85)94-83)76(86)69-65-61-57-53-14-12-10-8-6-4-2/h18-19,65,69,75-77,80-83,85-86,89-91H,3-17,20-64,66-68,70-74H2,1-2H3,(H,84,87)/b19-18-,69-65+. The van der Waals surface area contributed by atoms with Gasteiger partial charge in [-0.1, -0.05) is 385 Å². The van der Waals surface area contributed by atoms with E-state index in [0.29, 0.717) is 19.4 Å². The highest BCUT2D eigenvalue weighted by Gasteiger charge is 2.44. The Hall–Kier alpha value is -1.86. The second kappa shape index (κ2) is 72.4. The Labute approximate surface area is 581 Å². The predicted octanol–water partition coefficient (Wildman–Crippen LogP) is 22.7. The summed E-state index contributed by atoms with van der Waals surface area (Å²) < 4.78 is 16.8. The quantitative estimate of drug-likeness (QED) is 0.0195. The van der Waals surface area contributed by atoms with Gasteiger partial charge >= 0.3 is 5.97 Å². The fourth-order valence-electron chi connectivity index (χ4n) is 13.6. The Bertz CT molecular complexity index is 1610. The van der Waals surface area contributed by atoms with Crippen molar-refractivity contribution in [1.82, 2.24) is 5.32 Å². The van der Waals surface area contributed by atoms with E-state index in [1.807, 2.05) is 6.08 Å². The zero-order valence-corrected chi connectivity index (χ0v) is 62.2. The Morgan fingerprint density at radius 1 is 0.383 bits per heavy atom. The third-order valence-electron chi connectivity index (χ3n) is 20.1. The lowest BCUT2D eigenvalue weighted by atomic mass is 9.99.